The Morgan fingerprint density at radius 1 is 1.44 bits per heavy atom. The molecular weight excluding hydrogens is 228 g/mol. The van der Waals surface area contributed by atoms with Crippen molar-refractivity contribution in [2.45, 2.75) is 26.7 Å². The third kappa shape index (κ3) is 2.92. The van der Waals surface area contributed by atoms with Gasteiger partial charge in [-0.3, -0.25) is 4.98 Å². The second kappa shape index (κ2) is 5.73. The van der Waals surface area contributed by atoms with Crippen molar-refractivity contribution >= 4 is 0 Å². The fraction of sp³-hybridized carbons (Fsp3) is 0.462. The summed E-state index contributed by atoms with van der Waals surface area (Å²) in [6, 6.07) is 3.88. The lowest BCUT2D eigenvalue weighted by atomic mass is 10.0. The van der Waals surface area contributed by atoms with Crippen LogP contribution in [0.15, 0.2) is 22.9 Å². The molecule has 2 rings (SSSR count). The number of nitrogens with two attached hydrogens (primary N) is 1. The molecule has 0 amide bonds. The number of pyridine rings is 1. The van der Waals surface area contributed by atoms with Crippen LogP contribution in [0.2, 0.25) is 0 Å². The second-order valence-electron chi connectivity index (χ2n) is 4.44. The Labute approximate surface area is 106 Å². The minimum absolute atomic E-state index is 0.392. The Balaban J connectivity index is 2.15. The fourth-order valence-electron chi connectivity index (χ4n) is 1.74. The molecule has 0 aromatic carbocycles. The smallest absolute Gasteiger partial charge is 0.227 e. The fourth-order valence-corrected chi connectivity index (χ4v) is 1.74. The Morgan fingerprint density at radius 3 is 2.94 bits per heavy atom. The summed E-state index contributed by atoms with van der Waals surface area (Å²) in [5, 5.41) is 3.96. The molecule has 5 heteroatoms. The van der Waals surface area contributed by atoms with Crippen molar-refractivity contribution in [3.63, 3.8) is 0 Å². The van der Waals surface area contributed by atoms with Crippen LogP contribution >= 0.6 is 0 Å². The predicted molar refractivity (Wildman–Crippen MR) is 68.8 cm³/mol. The van der Waals surface area contributed by atoms with E-state index in [1.807, 2.05) is 19.1 Å². The Morgan fingerprint density at radius 2 is 2.28 bits per heavy atom. The third-order valence-electron chi connectivity index (χ3n) is 2.99. The van der Waals surface area contributed by atoms with Crippen LogP contribution in [0.4, 0.5) is 0 Å². The molecule has 18 heavy (non-hydrogen) atoms. The van der Waals surface area contributed by atoms with Crippen molar-refractivity contribution < 1.29 is 4.52 Å². The van der Waals surface area contributed by atoms with Crippen LogP contribution < -0.4 is 5.73 Å². The monoisotopic (exact) mass is 246 g/mol. The molecule has 2 aromatic heterocycles. The maximum atomic E-state index is 5.67. The van der Waals surface area contributed by atoms with Gasteiger partial charge in [0.1, 0.15) is 5.69 Å². The van der Waals surface area contributed by atoms with E-state index >= 15 is 0 Å². The maximum Gasteiger partial charge on any atom is 0.227 e. The van der Waals surface area contributed by atoms with Crippen LogP contribution in [0.25, 0.3) is 11.5 Å². The van der Waals surface area contributed by atoms with Gasteiger partial charge in [-0.2, -0.15) is 4.98 Å². The van der Waals surface area contributed by atoms with Gasteiger partial charge in [0.05, 0.1) is 0 Å². The summed E-state index contributed by atoms with van der Waals surface area (Å²) in [6.45, 7) is 4.75. The van der Waals surface area contributed by atoms with Crippen LogP contribution in [0.3, 0.4) is 0 Å². The molecule has 2 aromatic rings. The van der Waals surface area contributed by atoms with E-state index in [0.29, 0.717) is 24.2 Å². The van der Waals surface area contributed by atoms with E-state index in [2.05, 4.69) is 22.0 Å². The van der Waals surface area contributed by atoms with Crippen molar-refractivity contribution in [2.75, 3.05) is 6.54 Å². The van der Waals surface area contributed by atoms with Gasteiger partial charge < -0.3 is 10.3 Å². The highest BCUT2D eigenvalue weighted by Gasteiger charge is 2.13. The molecule has 0 aliphatic carbocycles. The average Bonchev–Trinajstić information content (AvgIpc) is 2.84. The highest BCUT2D eigenvalue weighted by atomic mass is 16.5. The molecule has 1 atom stereocenters. The first kappa shape index (κ1) is 12.7. The molecule has 0 saturated heterocycles. The standard InChI is InChI=1S/C13H18N4O/c1-3-10(8-14)7-12-16-13(17-18-12)11-6-9(2)4-5-15-11/h4-6,10H,3,7-8,14H2,1-2H3. The highest BCUT2D eigenvalue weighted by molar-refractivity contribution is 5.48. The summed E-state index contributed by atoms with van der Waals surface area (Å²) >= 11 is 0. The zero-order valence-corrected chi connectivity index (χ0v) is 10.8. The van der Waals surface area contributed by atoms with Gasteiger partial charge in [0, 0.05) is 12.6 Å². The zero-order valence-electron chi connectivity index (χ0n) is 10.8. The van der Waals surface area contributed by atoms with Crippen LogP contribution in [0.1, 0.15) is 24.8 Å². The molecule has 5 nitrogen and oxygen atoms in total. The molecule has 0 saturated carbocycles. The first-order valence-electron chi connectivity index (χ1n) is 6.18. The molecule has 96 valence electrons. The lowest BCUT2D eigenvalue weighted by Crippen LogP contribution is -2.15. The SMILES string of the molecule is CCC(CN)Cc1nc(-c2cc(C)ccn2)no1. The molecule has 2 heterocycles. The molecule has 0 spiro atoms. The van der Waals surface area contributed by atoms with E-state index in [0.717, 1.165) is 24.1 Å². The number of hydrogen-bond acceptors (Lipinski definition) is 5. The largest absolute Gasteiger partial charge is 0.339 e. The van der Waals surface area contributed by atoms with Crippen molar-refractivity contribution in [2.24, 2.45) is 11.7 Å². The van der Waals surface area contributed by atoms with Crippen molar-refractivity contribution in [3.8, 4) is 11.5 Å². The molecule has 0 radical (unpaired) electrons. The van der Waals surface area contributed by atoms with Gasteiger partial charge in [-0.05, 0) is 37.1 Å². The van der Waals surface area contributed by atoms with Crippen molar-refractivity contribution in [1.29, 1.82) is 0 Å². The first-order valence-corrected chi connectivity index (χ1v) is 6.18. The summed E-state index contributed by atoms with van der Waals surface area (Å²) in [5.41, 5.74) is 7.53. The van der Waals surface area contributed by atoms with Crippen LogP contribution in [0, 0.1) is 12.8 Å². The van der Waals surface area contributed by atoms with Gasteiger partial charge in [-0.15, -0.1) is 0 Å². The quantitative estimate of drug-likeness (QED) is 0.872. The first-order chi connectivity index (χ1) is 8.72. The maximum absolute atomic E-state index is 5.67. The van der Waals surface area contributed by atoms with Gasteiger partial charge in [0.2, 0.25) is 11.7 Å². The van der Waals surface area contributed by atoms with Gasteiger partial charge in [0.15, 0.2) is 0 Å². The number of rotatable bonds is 5. The van der Waals surface area contributed by atoms with E-state index in [4.69, 9.17) is 10.3 Å². The van der Waals surface area contributed by atoms with E-state index in [1.54, 1.807) is 6.20 Å². The summed E-state index contributed by atoms with van der Waals surface area (Å²) < 4.78 is 5.24. The van der Waals surface area contributed by atoms with Crippen molar-refractivity contribution in [1.82, 2.24) is 15.1 Å². The van der Waals surface area contributed by atoms with E-state index < -0.39 is 0 Å². The summed E-state index contributed by atoms with van der Waals surface area (Å²) in [4.78, 5) is 8.59. The Hall–Kier alpha value is -1.75. The number of aryl methyl sites for hydroxylation is 1. The predicted octanol–water partition coefficient (Wildman–Crippen LogP) is 1.97. The van der Waals surface area contributed by atoms with E-state index in [9.17, 15) is 0 Å². The van der Waals surface area contributed by atoms with Gasteiger partial charge in [-0.1, -0.05) is 18.5 Å². The lowest BCUT2D eigenvalue weighted by molar-refractivity contribution is 0.350. The van der Waals surface area contributed by atoms with Crippen molar-refractivity contribution in [3.05, 3.63) is 29.8 Å². The van der Waals surface area contributed by atoms with E-state index in [-0.39, 0.29) is 0 Å². The summed E-state index contributed by atoms with van der Waals surface area (Å²) in [6.07, 6.45) is 3.48. The number of nitrogens with zero attached hydrogens (tertiary/aromatic N) is 3. The third-order valence-corrected chi connectivity index (χ3v) is 2.99. The molecular formula is C13H18N4O. The summed E-state index contributed by atoms with van der Waals surface area (Å²) in [5.74, 6) is 1.56. The zero-order chi connectivity index (χ0) is 13.0. The minimum atomic E-state index is 0.392. The molecule has 0 aliphatic rings. The molecule has 0 fully saturated rings. The molecule has 0 aliphatic heterocycles. The molecule has 0 bridgehead atoms. The Kier molecular flexibility index (Phi) is 4.04. The summed E-state index contributed by atoms with van der Waals surface area (Å²) in [7, 11) is 0. The minimum Gasteiger partial charge on any atom is -0.339 e. The highest BCUT2D eigenvalue weighted by Crippen LogP contribution is 2.16. The topological polar surface area (TPSA) is 77.8 Å². The molecule has 2 N–H and O–H groups in total. The van der Waals surface area contributed by atoms with Gasteiger partial charge >= 0.3 is 0 Å². The number of hydrogen-bond donors (Lipinski definition) is 1. The molecule has 1 unspecified atom stereocenters. The van der Waals surface area contributed by atoms with Crippen LogP contribution in [-0.4, -0.2) is 21.7 Å². The normalized spacial score (nSPS) is 12.6. The second-order valence-corrected chi connectivity index (χ2v) is 4.44. The van der Waals surface area contributed by atoms with Gasteiger partial charge in [0.25, 0.3) is 0 Å². The average molecular weight is 246 g/mol. The van der Waals surface area contributed by atoms with Crippen LogP contribution in [-0.2, 0) is 6.42 Å². The van der Waals surface area contributed by atoms with Crippen LogP contribution in [0.5, 0.6) is 0 Å². The lowest BCUT2D eigenvalue weighted by Gasteiger charge is -2.07. The van der Waals surface area contributed by atoms with Gasteiger partial charge in [-0.25, -0.2) is 0 Å². The Bertz CT molecular complexity index is 505. The van der Waals surface area contributed by atoms with E-state index in [1.165, 1.54) is 0 Å². The number of aromatic nitrogens is 3.